The van der Waals surface area contributed by atoms with E-state index >= 15 is 0 Å². The Balaban J connectivity index is 1.72. The molecule has 0 saturated carbocycles. The van der Waals surface area contributed by atoms with Crippen LogP contribution in [0.4, 0.5) is 5.69 Å². The van der Waals surface area contributed by atoms with E-state index in [1.807, 2.05) is 31.2 Å². The molecule has 0 fully saturated rings. The molecule has 0 spiro atoms. The molecule has 8 heteroatoms. The molecule has 0 bridgehead atoms. The quantitative estimate of drug-likeness (QED) is 0.757. The van der Waals surface area contributed by atoms with Crippen LogP contribution in [0, 0.1) is 0 Å². The second-order valence-electron chi connectivity index (χ2n) is 8.47. The zero-order valence-electron chi connectivity index (χ0n) is 17.9. The lowest BCUT2D eigenvalue weighted by molar-refractivity contribution is -0.120. The molecule has 30 heavy (non-hydrogen) atoms. The average molecular weight is 433 g/mol. The van der Waals surface area contributed by atoms with Crippen molar-refractivity contribution in [3.63, 3.8) is 0 Å². The minimum Gasteiger partial charge on any atom is -0.454 e. The molecule has 1 amide bonds. The molecule has 1 heterocycles. The second kappa shape index (κ2) is 8.18. The summed E-state index contributed by atoms with van der Waals surface area (Å²) in [5, 5.41) is 2.88. The van der Waals surface area contributed by atoms with Crippen molar-refractivity contribution in [1.29, 1.82) is 0 Å². The zero-order valence-corrected chi connectivity index (χ0v) is 18.7. The maximum absolute atomic E-state index is 12.6. The van der Waals surface area contributed by atoms with Gasteiger partial charge in [-0.3, -0.25) is 9.10 Å². The maximum atomic E-state index is 12.6. The molecule has 0 aromatic heterocycles. The van der Waals surface area contributed by atoms with Gasteiger partial charge in [-0.05, 0) is 35.6 Å². The molecule has 1 N–H and O–H groups in total. The van der Waals surface area contributed by atoms with Gasteiger partial charge < -0.3 is 14.8 Å². The van der Waals surface area contributed by atoms with Crippen LogP contribution in [0.1, 0.15) is 44.9 Å². The summed E-state index contributed by atoms with van der Waals surface area (Å²) in [5.41, 5.74) is 2.55. The number of carbonyl (C=O) groups excluding carboxylic acids is 1. The van der Waals surface area contributed by atoms with Gasteiger partial charge in [-0.2, -0.15) is 0 Å². The summed E-state index contributed by atoms with van der Waals surface area (Å²) < 4.78 is 36.3. The highest BCUT2D eigenvalue weighted by atomic mass is 32.2. The van der Waals surface area contributed by atoms with E-state index in [0.29, 0.717) is 17.2 Å². The highest BCUT2D eigenvalue weighted by Gasteiger charge is 2.24. The Morgan fingerprint density at radius 1 is 1.10 bits per heavy atom. The van der Waals surface area contributed by atoms with Crippen molar-refractivity contribution in [2.24, 2.45) is 0 Å². The third-order valence-corrected chi connectivity index (χ3v) is 6.13. The van der Waals surface area contributed by atoms with Crippen LogP contribution >= 0.6 is 0 Å². The van der Waals surface area contributed by atoms with Gasteiger partial charge in [-0.15, -0.1) is 0 Å². The molecular formula is C22H28N2O5S. The lowest BCUT2D eigenvalue weighted by Crippen LogP contribution is -2.41. The standard InChI is InChI=1S/C22H28N2O5S/c1-15(16-6-8-17(9-7-16)22(2,3)4)23-21(25)13-24(30(5,26)27)18-10-11-19-20(12-18)29-14-28-19/h6-12,15H,13-14H2,1-5H3,(H,23,25)/t15-/m0/s1. The van der Waals surface area contributed by atoms with Crippen LogP contribution in [0.25, 0.3) is 0 Å². The Labute approximate surface area is 178 Å². The lowest BCUT2D eigenvalue weighted by atomic mass is 9.86. The molecule has 0 saturated heterocycles. The number of sulfonamides is 1. The number of amides is 1. The largest absolute Gasteiger partial charge is 0.454 e. The molecule has 1 atom stereocenters. The van der Waals surface area contributed by atoms with Gasteiger partial charge in [-0.25, -0.2) is 8.42 Å². The van der Waals surface area contributed by atoms with Crippen LogP contribution in [0.5, 0.6) is 11.5 Å². The molecule has 3 rings (SSSR count). The van der Waals surface area contributed by atoms with Gasteiger partial charge in [0, 0.05) is 6.07 Å². The summed E-state index contributed by atoms with van der Waals surface area (Å²) in [6.07, 6.45) is 1.07. The number of carbonyl (C=O) groups is 1. The Morgan fingerprint density at radius 3 is 2.33 bits per heavy atom. The molecule has 1 aliphatic rings. The number of rotatable bonds is 6. The summed E-state index contributed by atoms with van der Waals surface area (Å²) in [7, 11) is -3.68. The number of hydrogen-bond acceptors (Lipinski definition) is 5. The van der Waals surface area contributed by atoms with Crippen LogP contribution in [-0.2, 0) is 20.2 Å². The van der Waals surface area contributed by atoms with Crippen LogP contribution < -0.4 is 19.1 Å². The Kier molecular flexibility index (Phi) is 5.99. The summed E-state index contributed by atoms with van der Waals surface area (Å²) in [5.74, 6) is 0.600. The van der Waals surface area contributed by atoms with Crippen molar-refractivity contribution >= 4 is 21.6 Å². The summed E-state index contributed by atoms with van der Waals surface area (Å²) >= 11 is 0. The van der Waals surface area contributed by atoms with Crippen molar-refractivity contribution in [1.82, 2.24) is 5.32 Å². The van der Waals surface area contributed by atoms with E-state index in [4.69, 9.17) is 9.47 Å². The number of nitrogens with one attached hydrogen (secondary N) is 1. The number of anilines is 1. The lowest BCUT2D eigenvalue weighted by Gasteiger charge is -2.24. The maximum Gasteiger partial charge on any atom is 0.241 e. The predicted molar refractivity (Wildman–Crippen MR) is 116 cm³/mol. The Hall–Kier alpha value is -2.74. The van der Waals surface area contributed by atoms with Crippen LogP contribution in [-0.4, -0.2) is 33.9 Å². The predicted octanol–water partition coefficient (Wildman–Crippen LogP) is 3.36. The van der Waals surface area contributed by atoms with E-state index in [0.717, 1.165) is 16.1 Å². The number of benzene rings is 2. The molecule has 1 aliphatic heterocycles. The van der Waals surface area contributed by atoms with Gasteiger partial charge in [0.1, 0.15) is 6.54 Å². The van der Waals surface area contributed by atoms with Gasteiger partial charge in [-0.1, -0.05) is 45.0 Å². The van der Waals surface area contributed by atoms with Gasteiger partial charge in [0.2, 0.25) is 22.7 Å². The molecule has 0 aliphatic carbocycles. The third-order valence-electron chi connectivity index (χ3n) is 4.99. The molecular weight excluding hydrogens is 404 g/mol. The fraction of sp³-hybridized carbons (Fsp3) is 0.409. The molecule has 0 unspecified atom stereocenters. The van der Waals surface area contributed by atoms with Crippen molar-refractivity contribution in [2.45, 2.75) is 39.2 Å². The van der Waals surface area contributed by atoms with Crippen molar-refractivity contribution in [3.05, 3.63) is 53.6 Å². The van der Waals surface area contributed by atoms with Crippen LogP contribution in [0.3, 0.4) is 0 Å². The number of ether oxygens (including phenoxy) is 2. The topological polar surface area (TPSA) is 84.9 Å². The molecule has 2 aromatic rings. The van der Waals surface area contributed by atoms with Crippen LogP contribution in [0.2, 0.25) is 0 Å². The Bertz CT molecular complexity index is 1030. The van der Waals surface area contributed by atoms with Crippen molar-refractivity contribution in [2.75, 3.05) is 23.9 Å². The second-order valence-corrected chi connectivity index (χ2v) is 10.4. The SMILES string of the molecule is C[C@H](NC(=O)CN(c1ccc2c(c1)OCO2)S(C)(=O)=O)c1ccc(C(C)(C)C)cc1. The summed E-state index contributed by atoms with van der Waals surface area (Å²) in [4.78, 5) is 12.6. The Morgan fingerprint density at radius 2 is 1.73 bits per heavy atom. The normalized spacial score (nSPS) is 14.3. The van der Waals surface area contributed by atoms with E-state index in [1.54, 1.807) is 18.2 Å². The monoisotopic (exact) mass is 432 g/mol. The number of hydrogen-bond donors (Lipinski definition) is 1. The van der Waals surface area contributed by atoms with E-state index < -0.39 is 15.9 Å². The zero-order chi connectivity index (χ0) is 22.1. The van der Waals surface area contributed by atoms with E-state index in [9.17, 15) is 13.2 Å². The first-order valence-electron chi connectivity index (χ1n) is 9.72. The third kappa shape index (κ3) is 5.05. The fourth-order valence-electron chi connectivity index (χ4n) is 3.21. The molecule has 2 aromatic carbocycles. The van der Waals surface area contributed by atoms with Crippen molar-refractivity contribution in [3.8, 4) is 11.5 Å². The average Bonchev–Trinajstić information content (AvgIpc) is 3.12. The van der Waals surface area contributed by atoms with Gasteiger partial charge >= 0.3 is 0 Å². The van der Waals surface area contributed by atoms with E-state index in [1.165, 1.54) is 5.56 Å². The molecule has 0 radical (unpaired) electrons. The first kappa shape index (κ1) is 22.0. The van der Waals surface area contributed by atoms with Crippen LogP contribution in [0.15, 0.2) is 42.5 Å². The first-order valence-corrected chi connectivity index (χ1v) is 11.6. The number of fused-ring (bicyclic) bond motifs is 1. The summed E-state index contributed by atoms with van der Waals surface area (Å²) in [6.45, 7) is 8.05. The fourth-order valence-corrected chi connectivity index (χ4v) is 4.06. The van der Waals surface area contributed by atoms with E-state index in [2.05, 4.69) is 26.1 Å². The van der Waals surface area contributed by atoms with E-state index in [-0.39, 0.29) is 24.8 Å². The molecule has 7 nitrogen and oxygen atoms in total. The van der Waals surface area contributed by atoms with Gasteiger partial charge in [0.15, 0.2) is 11.5 Å². The highest BCUT2D eigenvalue weighted by molar-refractivity contribution is 7.92. The number of nitrogens with zero attached hydrogens (tertiary/aromatic N) is 1. The highest BCUT2D eigenvalue weighted by Crippen LogP contribution is 2.36. The van der Waals surface area contributed by atoms with Gasteiger partial charge in [0.05, 0.1) is 18.0 Å². The molecule has 162 valence electrons. The first-order chi connectivity index (χ1) is 13.9. The smallest absolute Gasteiger partial charge is 0.241 e. The minimum atomic E-state index is -3.68. The van der Waals surface area contributed by atoms with Crippen molar-refractivity contribution < 1.29 is 22.7 Å². The summed E-state index contributed by atoms with van der Waals surface area (Å²) in [6, 6.07) is 12.6. The minimum absolute atomic E-state index is 0.0472. The van der Waals surface area contributed by atoms with Gasteiger partial charge in [0.25, 0.3) is 0 Å².